The summed E-state index contributed by atoms with van der Waals surface area (Å²) in [7, 11) is 0.644. The van der Waals surface area contributed by atoms with Crippen molar-refractivity contribution in [3.8, 4) is 5.75 Å². The average Bonchev–Trinajstić information content (AvgIpc) is 3.33. The van der Waals surface area contributed by atoms with Crippen LogP contribution in [0.5, 0.6) is 5.75 Å². The van der Waals surface area contributed by atoms with Crippen molar-refractivity contribution < 1.29 is 30.9 Å². The van der Waals surface area contributed by atoms with Crippen LogP contribution < -0.4 is 10.1 Å². The highest BCUT2D eigenvalue weighted by Crippen LogP contribution is 2.33. The van der Waals surface area contributed by atoms with Crippen molar-refractivity contribution >= 4 is 28.2 Å². The van der Waals surface area contributed by atoms with Crippen molar-refractivity contribution in [2.45, 2.75) is 42.3 Å². The van der Waals surface area contributed by atoms with Gasteiger partial charge < -0.3 is 19.1 Å². The summed E-state index contributed by atoms with van der Waals surface area (Å²) in [4.78, 5) is 12.5. The third kappa shape index (κ3) is 7.94. The first kappa shape index (κ1) is 22.9. The van der Waals surface area contributed by atoms with Crippen LogP contribution in [0.3, 0.4) is 0 Å². The van der Waals surface area contributed by atoms with Crippen LogP contribution in [-0.4, -0.2) is 68.4 Å². The number of benzene rings is 1. The van der Waals surface area contributed by atoms with Gasteiger partial charge in [-0.05, 0) is 30.5 Å². The van der Waals surface area contributed by atoms with E-state index in [1.165, 1.54) is 5.56 Å². The zero-order valence-electron chi connectivity index (χ0n) is 16.3. The molecule has 1 heterocycles. The van der Waals surface area contributed by atoms with Crippen LogP contribution in [0.2, 0.25) is 0 Å². The van der Waals surface area contributed by atoms with E-state index in [0.29, 0.717) is 11.3 Å². The Morgan fingerprint density at radius 1 is 1.32 bits per heavy atom. The summed E-state index contributed by atoms with van der Waals surface area (Å²) in [5, 5.41) is 3.72. The van der Waals surface area contributed by atoms with Crippen LogP contribution in [0, 0.1) is 0 Å². The minimum absolute atomic E-state index is 0.101. The van der Waals surface area contributed by atoms with E-state index in [0.717, 1.165) is 41.8 Å². The van der Waals surface area contributed by atoms with E-state index >= 15 is 0 Å². The number of halogens is 1. The maximum atomic E-state index is 12.5. The van der Waals surface area contributed by atoms with Crippen molar-refractivity contribution in [2.75, 3.05) is 27.7 Å². The standard InChI is InChI=1S/C18H26N2O2S.FHO3S/c1-20(2)11-16(10-17(20)18(21)19-14-6-7-14)23-12-13-4-8-15(22-3)9-5-13;1-5(2,3)4/h4-5,8-9,14,16-17H,6-7,10-12H2,1-3H3;(H,2,3,4)/t16-,17-;/m0./s1. The molecule has 1 saturated carbocycles. The largest absolute Gasteiger partial charge is 0.722 e. The van der Waals surface area contributed by atoms with Crippen LogP contribution in [-0.2, 0) is 21.1 Å². The van der Waals surface area contributed by atoms with Gasteiger partial charge in [0.2, 0.25) is 0 Å². The number of likely N-dealkylation sites (N-methyl/N-ethyl adjacent to an activating group) is 1. The van der Waals surface area contributed by atoms with Gasteiger partial charge in [0.05, 0.1) is 33.0 Å². The van der Waals surface area contributed by atoms with Gasteiger partial charge >= 0.3 is 0 Å². The molecule has 3 rings (SSSR count). The lowest BCUT2D eigenvalue weighted by Gasteiger charge is -2.30. The van der Waals surface area contributed by atoms with Crippen molar-refractivity contribution in [2.24, 2.45) is 0 Å². The topological polar surface area (TPSA) is 95.5 Å². The zero-order valence-corrected chi connectivity index (χ0v) is 17.9. The monoisotopic (exact) mass is 434 g/mol. The number of carbonyl (C=O) groups is 1. The number of nitrogens with one attached hydrogen (secondary N) is 1. The van der Waals surface area contributed by atoms with Crippen molar-refractivity contribution in [3.63, 3.8) is 0 Å². The van der Waals surface area contributed by atoms with E-state index < -0.39 is 10.5 Å². The Labute approximate surface area is 170 Å². The van der Waals surface area contributed by atoms with Gasteiger partial charge in [-0.3, -0.25) is 4.79 Å². The third-order valence-electron chi connectivity index (χ3n) is 4.88. The van der Waals surface area contributed by atoms with Gasteiger partial charge in [0.1, 0.15) is 5.75 Å². The van der Waals surface area contributed by atoms with Gasteiger partial charge in [-0.2, -0.15) is 0 Å². The number of hydrogen-bond donors (Lipinski definition) is 1. The molecule has 1 amide bonds. The Hall–Kier alpha value is -1.36. The molecule has 0 aromatic heterocycles. The lowest BCUT2D eigenvalue weighted by atomic mass is 10.2. The number of methoxy groups -OCH3 is 1. The number of amides is 1. The molecule has 2 atom stereocenters. The highest BCUT2D eigenvalue weighted by atomic mass is 32.3. The molecule has 0 radical (unpaired) electrons. The predicted octanol–water partition coefficient (Wildman–Crippen LogP) is 1.84. The molecule has 1 aromatic carbocycles. The fourth-order valence-electron chi connectivity index (χ4n) is 3.27. The maximum Gasteiger partial charge on any atom is 0.278 e. The smallest absolute Gasteiger partial charge is 0.278 e. The van der Waals surface area contributed by atoms with Crippen molar-refractivity contribution in [3.05, 3.63) is 29.8 Å². The van der Waals surface area contributed by atoms with Gasteiger partial charge in [-0.25, -0.2) is 8.42 Å². The molecule has 7 nitrogen and oxygen atoms in total. The Morgan fingerprint density at radius 3 is 2.39 bits per heavy atom. The van der Waals surface area contributed by atoms with E-state index in [1.807, 2.05) is 23.9 Å². The number of ether oxygens (including phenoxy) is 1. The van der Waals surface area contributed by atoms with Gasteiger partial charge in [0.25, 0.3) is 16.4 Å². The molecule has 2 aliphatic rings. The molecule has 1 aliphatic heterocycles. The second-order valence-corrected chi connectivity index (χ2v) is 9.74. The molecular weight excluding hydrogens is 407 g/mol. The van der Waals surface area contributed by atoms with E-state index in [9.17, 15) is 8.68 Å². The van der Waals surface area contributed by atoms with Crippen LogP contribution in [0.4, 0.5) is 3.89 Å². The molecule has 2 fully saturated rings. The molecule has 0 bridgehead atoms. The number of hydrogen-bond acceptors (Lipinski definition) is 6. The van der Waals surface area contributed by atoms with Crippen molar-refractivity contribution in [1.82, 2.24) is 5.32 Å². The van der Waals surface area contributed by atoms with Gasteiger partial charge in [-0.15, -0.1) is 15.6 Å². The van der Waals surface area contributed by atoms with Crippen LogP contribution >= 0.6 is 11.8 Å². The summed E-state index contributed by atoms with van der Waals surface area (Å²) >= 11 is 1.97. The maximum absolute atomic E-state index is 12.5. The number of nitrogens with zero attached hydrogens (tertiary/aromatic N) is 1. The minimum Gasteiger partial charge on any atom is -0.722 e. The summed E-state index contributed by atoms with van der Waals surface area (Å²) < 4.78 is 41.3. The number of quaternary nitrogens is 1. The Bertz CT molecular complexity index is 759. The fraction of sp³-hybridized carbons (Fsp3) is 0.611. The molecule has 158 valence electrons. The molecule has 0 spiro atoms. The summed E-state index contributed by atoms with van der Waals surface area (Å²) in [6, 6.07) is 8.82. The number of thioether (sulfide) groups is 1. The quantitative estimate of drug-likeness (QED) is 0.417. The first-order valence-electron chi connectivity index (χ1n) is 9.01. The third-order valence-corrected chi connectivity index (χ3v) is 6.19. The van der Waals surface area contributed by atoms with E-state index in [4.69, 9.17) is 17.7 Å². The lowest BCUT2D eigenvalue weighted by Crippen LogP contribution is -2.52. The molecule has 28 heavy (non-hydrogen) atoms. The molecule has 0 unspecified atom stereocenters. The van der Waals surface area contributed by atoms with Crippen LogP contribution in [0.25, 0.3) is 0 Å². The molecule has 10 heteroatoms. The lowest BCUT2D eigenvalue weighted by molar-refractivity contribution is -0.892. The summed E-state index contributed by atoms with van der Waals surface area (Å²) in [6.45, 7) is 1.06. The molecule has 1 N–H and O–H groups in total. The van der Waals surface area contributed by atoms with Crippen LogP contribution in [0.15, 0.2) is 24.3 Å². The second kappa shape index (κ2) is 9.43. The minimum atomic E-state index is -5.42. The first-order chi connectivity index (χ1) is 13.0. The Morgan fingerprint density at radius 2 is 1.89 bits per heavy atom. The first-order valence-corrected chi connectivity index (χ1v) is 11.4. The number of likely N-dealkylation sites (tertiary alicyclic amines) is 1. The van der Waals surface area contributed by atoms with Gasteiger partial charge in [0.15, 0.2) is 6.04 Å². The predicted molar refractivity (Wildman–Crippen MR) is 105 cm³/mol. The Kier molecular flexibility index (Phi) is 7.72. The highest BCUT2D eigenvalue weighted by Gasteiger charge is 2.46. The molecular formula is C18H27FN2O5S2. The highest BCUT2D eigenvalue weighted by molar-refractivity contribution is 7.99. The van der Waals surface area contributed by atoms with Gasteiger partial charge in [-0.1, -0.05) is 12.1 Å². The molecule has 1 aliphatic carbocycles. The molecule has 1 aromatic rings. The summed E-state index contributed by atoms with van der Waals surface area (Å²) in [5.74, 6) is 2.14. The Balaban J connectivity index is 0.000000500. The summed E-state index contributed by atoms with van der Waals surface area (Å²) in [6.07, 6.45) is 3.29. The van der Waals surface area contributed by atoms with Gasteiger partial charge in [0, 0.05) is 18.2 Å². The average molecular weight is 435 g/mol. The van der Waals surface area contributed by atoms with E-state index in [2.05, 4.69) is 31.5 Å². The van der Waals surface area contributed by atoms with E-state index in [1.54, 1.807) is 7.11 Å². The normalized spacial score (nSPS) is 23.5. The fourth-order valence-corrected chi connectivity index (χ4v) is 4.70. The summed E-state index contributed by atoms with van der Waals surface area (Å²) in [5.41, 5.74) is 1.31. The zero-order chi connectivity index (χ0) is 20.9. The second-order valence-electron chi connectivity index (χ2n) is 7.67. The molecule has 1 saturated heterocycles. The SMILES string of the molecule is COc1ccc(CS[C@H]2C[C@@H](C(=O)NC3CC3)[N+](C)(C)C2)cc1.O=S(=O)([O-])F. The number of rotatable bonds is 6. The number of carbonyl (C=O) groups excluding carboxylic acids is 1. The van der Waals surface area contributed by atoms with Crippen molar-refractivity contribution in [1.29, 1.82) is 0 Å². The van der Waals surface area contributed by atoms with E-state index in [-0.39, 0.29) is 11.9 Å². The van der Waals surface area contributed by atoms with Crippen LogP contribution in [0.1, 0.15) is 24.8 Å².